The number of nitrogens with two attached hydrogens (primary N) is 1. The van der Waals surface area contributed by atoms with Crippen LogP contribution in [-0.2, 0) is 0 Å². The molecule has 0 saturated carbocycles. The molecule has 0 aliphatic heterocycles. The number of hydrogen-bond acceptors (Lipinski definition) is 7. The molecule has 0 aliphatic carbocycles. The van der Waals surface area contributed by atoms with Gasteiger partial charge in [-0.05, 0) is 24.3 Å². The predicted molar refractivity (Wildman–Crippen MR) is 97.9 cm³/mol. The second-order valence-corrected chi connectivity index (χ2v) is 5.41. The molecule has 4 N–H and O–H groups in total. The third kappa shape index (κ3) is 3.44. The SMILES string of the molecule is Nc1cc(O)cc2cccnc12.O=[N+]([O-])c1cc(O)cc2cccnc12. The lowest BCUT2D eigenvalue weighted by atomic mass is 10.2. The predicted octanol–water partition coefficient (Wildman–Crippen LogP) is 3.37. The average molecular weight is 350 g/mol. The van der Waals surface area contributed by atoms with Crippen molar-refractivity contribution in [3.63, 3.8) is 0 Å². The van der Waals surface area contributed by atoms with Crippen LogP contribution in [0.1, 0.15) is 0 Å². The highest BCUT2D eigenvalue weighted by Gasteiger charge is 2.14. The van der Waals surface area contributed by atoms with Crippen LogP contribution in [0.3, 0.4) is 0 Å². The molecule has 8 nitrogen and oxygen atoms in total. The van der Waals surface area contributed by atoms with E-state index in [2.05, 4.69) is 9.97 Å². The number of nitrogen functional groups attached to an aromatic ring is 1. The van der Waals surface area contributed by atoms with Gasteiger partial charge >= 0.3 is 0 Å². The minimum absolute atomic E-state index is 0.128. The maximum atomic E-state index is 10.6. The number of rotatable bonds is 1. The van der Waals surface area contributed by atoms with E-state index in [1.165, 1.54) is 18.3 Å². The first kappa shape index (κ1) is 16.9. The molecule has 0 aliphatic rings. The van der Waals surface area contributed by atoms with Gasteiger partial charge < -0.3 is 15.9 Å². The first-order valence-electron chi connectivity index (χ1n) is 7.51. The number of phenols is 2. The van der Waals surface area contributed by atoms with E-state index in [1.54, 1.807) is 30.5 Å². The van der Waals surface area contributed by atoms with Crippen LogP contribution in [0.2, 0.25) is 0 Å². The molecule has 2 aromatic heterocycles. The fourth-order valence-electron chi connectivity index (χ4n) is 2.50. The molecule has 0 radical (unpaired) electrons. The minimum Gasteiger partial charge on any atom is -0.508 e. The Bertz CT molecular complexity index is 1110. The number of nitrogens with zero attached hydrogens (tertiary/aromatic N) is 3. The number of benzene rings is 2. The number of aromatic hydroxyl groups is 2. The maximum Gasteiger partial charge on any atom is 0.299 e. The van der Waals surface area contributed by atoms with Crippen LogP contribution < -0.4 is 5.73 Å². The normalized spacial score (nSPS) is 10.3. The summed E-state index contributed by atoms with van der Waals surface area (Å²) < 4.78 is 0. The molecule has 0 unspecified atom stereocenters. The van der Waals surface area contributed by atoms with Crippen molar-refractivity contribution < 1.29 is 15.1 Å². The quantitative estimate of drug-likeness (QED) is 0.272. The Morgan fingerprint density at radius 3 is 2.04 bits per heavy atom. The van der Waals surface area contributed by atoms with Crippen LogP contribution in [0.5, 0.6) is 11.5 Å². The number of aromatic nitrogens is 2. The number of anilines is 1. The molecule has 8 heteroatoms. The van der Waals surface area contributed by atoms with Crippen molar-refractivity contribution in [2.45, 2.75) is 0 Å². The van der Waals surface area contributed by atoms with Gasteiger partial charge in [0.2, 0.25) is 0 Å². The van der Waals surface area contributed by atoms with Gasteiger partial charge in [0.1, 0.15) is 17.0 Å². The Balaban J connectivity index is 0.000000152. The van der Waals surface area contributed by atoms with Gasteiger partial charge in [0.15, 0.2) is 0 Å². The summed E-state index contributed by atoms with van der Waals surface area (Å²) in [6, 6.07) is 12.7. The number of hydrogen-bond donors (Lipinski definition) is 3. The lowest BCUT2D eigenvalue weighted by Gasteiger charge is -2.00. The second-order valence-electron chi connectivity index (χ2n) is 5.41. The van der Waals surface area contributed by atoms with Crippen molar-refractivity contribution >= 4 is 33.2 Å². The highest BCUT2D eigenvalue weighted by atomic mass is 16.6. The van der Waals surface area contributed by atoms with Gasteiger partial charge in [-0.15, -0.1) is 0 Å². The van der Waals surface area contributed by atoms with Crippen LogP contribution in [0.4, 0.5) is 11.4 Å². The number of pyridine rings is 2. The van der Waals surface area contributed by atoms with Gasteiger partial charge in [-0.1, -0.05) is 12.1 Å². The van der Waals surface area contributed by atoms with Crippen LogP contribution in [0.15, 0.2) is 60.9 Å². The summed E-state index contributed by atoms with van der Waals surface area (Å²) in [4.78, 5) is 18.0. The van der Waals surface area contributed by atoms with E-state index in [1.807, 2.05) is 6.07 Å². The highest BCUT2D eigenvalue weighted by molar-refractivity contribution is 5.90. The molecule has 0 saturated heterocycles. The molecule has 0 fully saturated rings. The van der Waals surface area contributed by atoms with Crippen LogP contribution in [-0.4, -0.2) is 25.1 Å². The van der Waals surface area contributed by atoms with Gasteiger partial charge in [0.25, 0.3) is 5.69 Å². The van der Waals surface area contributed by atoms with Crippen molar-refractivity contribution in [2.24, 2.45) is 0 Å². The molecule has 4 rings (SSSR count). The summed E-state index contributed by atoms with van der Waals surface area (Å²) in [5, 5.41) is 30.5. The molecule has 26 heavy (non-hydrogen) atoms. The van der Waals surface area contributed by atoms with E-state index in [-0.39, 0.29) is 22.7 Å². The second kappa shape index (κ2) is 6.89. The molecule has 4 aromatic rings. The van der Waals surface area contributed by atoms with Crippen molar-refractivity contribution in [1.82, 2.24) is 9.97 Å². The Hall–Kier alpha value is -3.94. The number of nitro benzene ring substituents is 1. The zero-order chi connectivity index (χ0) is 18.7. The summed E-state index contributed by atoms with van der Waals surface area (Å²) in [5.41, 5.74) is 6.98. The number of non-ortho nitro benzene ring substituents is 1. The molecule has 130 valence electrons. The fraction of sp³-hybridized carbons (Fsp3) is 0. The van der Waals surface area contributed by atoms with Crippen molar-refractivity contribution in [3.8, 4) is 11.5 Å². The Labute approximate surface area is 147 Å². The summed E-state index contributed by atoms with van der Waals surface area (Å²) >= 11 is 0. The molecular weight excluding hydrogens is 336 g/mol. The zero-order valence-corrected chi connectivity index (χ0v) is 13.4. The molecular formula is C18H14N4O4. The molecule has 0 spiro atoms. The number of nitro groups is 1. The third-order valence-corrected chi connectivity index (χ3v) is 3.59. The number of fused-ring (bicyclic) bond motifs is 2. The topological polar surface area (TPSA) is 135 Å². The van der Waals surface area contributed by atoms with E-state index in [0.29, 0.717) is 11.1 Å². The highest BCUT2D eigenvalue weighted by Crippen LogP contribution is 2.28. The van der Waals surface area contributed by atoms with E-state index in [0.717, 1.165) is 17.0 Å². The van der Waals surface area contributed by atoms with Crippen molar-refractivity contribution in [3.05, 3.63) is 71.0 Å². The Morgan fingerprint density at radius 1 is 0.885 bits per heavy atom. The summed E-state index contributed by atoms with van der Waals surface area (Å²) in [6.07, 6.45) is 3.15. The Morgan fingerprint density at radius 2 is 1.42 bits per heavy atom. The van der Waals surface area contributed by atoms with Gasteiger partial charge in [-0.3, -0.25) is 15.1 Å². The van der Waals surface area contributed by atoms with Gasteiger partial charge in [-0.25, -0.2) is 4.98 Å². The van der Waals surface area contributed by atoms with Crippen molar-refractivity contribution in [2.75, 3.05) is 5.73 Å². The van der Waals surface area contributed by atoms with Crippen LogP contribution in [0.25, 0.3) is 21.8 Å². The van der Waals surface area contributed by atoms with E-state index < -0.39 is 4.92 Å². The van der Waals surface area contributed by atoms with E-state index in [4.69, 9.17) is 5.73 Å². The van der Waals surface area contributed by atoms with Crippen LogP contribution >= 0.6 is 0 Å². The lowest BCUT2D eigenvalue weighted by Crippen LogP contribution is -1.90. The lowest BCUT2D eigenvalue weighted by molar-refractivity contribution is -0.383. The first-order chi connectivity index (χ1) is 12.5. The molecule has 2 heterocycles. The molecule has 0 amide bonds. The smallest absolute Gasteiger partial charge is 0.299 e. The molecule has 0 atom stereocenters. The third-order valence-electron chi connectivity index (χ3n) is 3.59. The summed E-state index contributed by atoms with van der Waals surface area (Å²) in [5.74, 6) is 0.0465. The Kier molecular flexibility index (Phi) is 4.48. The van der Waals surface area contributed by atoms with E-state index in [9.17, 15) is 20.3 Å². The maximum absolute atomic E-state index is 10.6. The minimum atomic E-state index is -0.560. The summed E-state index contributed by atoms with van der Waals surface area (Å²) in [6.45, 7) is 0. The largest absolute Gasteiger partial charge is 0.508 e. The standard InChI is InChI=1S/C9H6N2O3.C9H8N2O/c12-7-4-6-2-1-3-10-9(6)8(5-7)11(13)14;10-8-5-7(12)4-6-2-1-3-11-9(6)8/h1-5,12H;1-5,12H,10H2. The van der Waals surface area contributed by atoms with Crippen LogP contribution in [0, 0.1) is 10.1 Å². The fourth-order valence-corrected chi connectivity index (χ4v) is 2.50. The zero-order valence-electron chi connectivity index (χ0n) is 13.4. The molecule has 0 bridgehead atoms. The first-order valence-corrected chi connectivity index (χ1v) is 7.51. The monoisotopic (exact) mass is 350 g/mol. The van der Waals surface area contributed by atoms with Gasteiger partial charge in [-0.2, -0.15) is 0 Å². The average Bonchev–Trinajstić information content (AvgIpc) is 2.61. The number of phenolic OH excluding ortho intramolecular Hbond substituents is 2. The molecule has 2 aromatic carbocycles. The van der Waals surface area contributed by atoms with Crippen molar-refractivity contribution in [1.29, 1.82) is 0 Å². The van der Waals surface area contributed by atoms with Gasteiger partial charge in [0.05, 0.1) is 22.2 Å². The summed E-state index contributed by atoms with van der Waals surface area (Å²) in [7, 11) is 0. The van der Waals surface area contributed by atoms with Gasteiger partial charge in [0, 0.05) is 29.2 Å². The van der Waals surface area contributed by atoms with E-state index >= 15 is 0 Å².